The van der Waals surface area contributed by atoms with Crippen molar-refractivity contribution in [2.45, 2.75) is 18.8 Å². The van der Waals surface area contributed by atoms with Crippen molar-refractivity contribution in [1.82, 2.24) is 14.6 Å². The van der Waals surface area contributed by atoms with Gasteiger partial charge in [0.2, 0.25) is 0 Å². The topological polar surface area (TPSA) is 76.9 Å². The van der Waals surface area contributed by atoms with Crippen LogP contribution in [0.2, 0.25) is 0 Å². The molecule has 1 aliphatic rings. The molecule has 2 aromatic heterocycles. The van der Waals surface area contributed by atoms with Crippen molar-refractivity contribution in [3.8, 4) is 0 Å². The molecule has 1 saturated carbocycles. The van der Waals surface area contributed by atoms with E-state index in [1.54, 1.807) is 18.3 Å². The van der Waals surface area contributed by atoms with Crippen molar-refractivity contribution >= 4 is 5.91 Å². The summed E-state index contributed by atoms with van der Waals surface area (Å²) in [4.78, 5) is 31.9. The number of nitrogens with zero attached hydrogens (tertiary/aromatic N) is 3. The number of carbonyl (C=O) groups excluding carboxylic acids is 1. The molecule has 96 valence electrons. The molecular formula is C13H12N4O2. The quantitative estimate of drug-likeness (QED) is 0.885. The summed E-state index contributed by atoms with van der Waals surface area (Å²) in [6.45, 7) is 0. The number of aromatic nitrogens is 3. The van der Waals surface area contributed by atoms with Crippen LogP contribution in [0.4, 0.5) is 0 Å². The molecule has 2 aromatic rings. The van der Waals surface area contributed by atoms with E-state index < -0.39 is 5.91 Å². The summed E-state index contributed by atoms with van der Waals surface area (Å²) in [5.74, 6) is 0.665. The largest absolute Gasteiger partial charge is 0.288 e. The van der Waals surface area contributed by atoms with Crippen molar-refractivity contribution in [1.29, 1.82) is 0 Å². The van der Waals surface area contributed by atoms with Gasteiger partial charge in [-0.2, -0.15) is 0 Å². The number of amides is 1. The predicted molar refractivity (Wildman–Crippen MR) is 68.4 cm³/mol. The summed E-state index contributed by atoms with van der Waals surface area (Å²) >= 11 is 0. The van der Waals surface area contributed by atoms with Crippen molar-refractivity contribution in [3.63, 3.8) is 0 Å². The molecule has 6 nitrogen and oxygen atoms in total. The lowest BCUT2D eigenvalue weighted by molar-refractivity contribution is 0.100. The molecule has 1 amide bonds. The van der Waals surface area contributed by atoms with Gasteiger partial charge in [0.05, 0.1) is 0 Å². The third-order valence-electron chi connectivity index (χ3n) is 2.89. The molecule has 0 atom stereocenters. The standard InChI is InChI=1S/C13H12N4O2/c18-11-3-1-2-8-17(11)16-13(19)10-6-7-14-12(15-10)9-4-5-9/h1-3,6-9H,4-5H2,(H,16,19). The van der Waals surface area contributed by atoms with Crippen LogP contribution in [0.3, 0.4) is 0 Å². The Kier molecular flexibility index (Phi) is 2.83. The Labute approximate surface area is 109 Å². The van der Waals surface area contributed by atoms with Crippen LogP contribution in [0.25, 0.3) is 0 Å². The lowest BCUT2D eigenvalue weighted by Crippen LogP contribution is -2.32. The molecule has 0 aromatic carbocycles. The number of hydrogen-bond donors (Lipinski definition) is 1. The number of hydrogen-bond acceptors (Lipinski definition) is 4. The number of nitrogens with one attached hydrogen (secondary N) is 1. The SMILES string of the molecule is O=C(Nn1ccccc1=O)c1ccnc(C2CC2)n1. The molecule has 1 N–H and O–H groups in total. The van der Waals surface area contributed by atoms with E-state index in [4.69, 9.17) is 0 Å². The van der Waals surface area contributed by atoms with E-state index in [9.17, 15) is 9.59 Å². The van der Waals surface area contributed by atoms with E-state index in [1.807, 2.05) is 0 Å². The highest BCUT2D eigenvalue weighted by Crippen LogP contribution is 2.37. The van der Waals surface area contributed by atoms with Crippen LogP contribution in [0.5, 0.6) is 0 Å². The zero-order valence-corrected chi connectivity index (χ0v) is 10.1. The third-order valence-corrected chi connectivity index (χ3v) is 2.89. The fourth-order valence-electron chi connectivity index (χ4n) is 1.72. The smallest absolute Gasteiger partial charge is 0.268 e. The normalized spacial score (nSPS) is 14.1. The fourth-order valence-corrected chi connectivity index (χ4v) is 1.72. The Morgan fingerprint density at radius 1 is 1.32 bits per heavy atom. The number of pyridine rings is 1. The lowest BCUT2D eigenvalue weighted by Gasteiger charge is -2.07. The molecule has 6 heteroatoms. The van der Waals surface area contributed by atoms with Gasteiger partial charge in [-0.25, -0.2) is 14.6 Å². The maximum absolute atomic E-state index is 12.0. The van der Waals surface area contributed by atoms with E-state index in [0.29, 0.717) is 11.7 Å². The Bertz CT molecular complexity index is 676. The maximum atomic E-state index is 12.0. The summed E-state index contributed by atoms with van der Waals surface area (Å²) in [5.41, 5.74) is 2.46. The van der Waals surface area contributed by atoms with Crippen LogP contribution in [-0.2, 0) is 0 Å². The number of carbonyl (C=O) groups is 1. The summed E-state index contributed by atoms with van der Waals surface area (Å²) in [7, 11) is 0. The van der Waals surface area contributed by atoms with Crippen LogP contribution in [0, 0.1) is 0 Å². The van der Waals surface area contributed by atoms with Gasteiger partial charge in [0.1, 0.15) is 11.5 Å². The summed E-state index contributed by atoms with van der Waals surface area (Å²) in [6, 6.07) is 6.18. The Morgan fingerprint density at radius 2 is 2.16 bits per heavy atom. The minimum Gasteiger partial charge on any atom is -0.268 e. The Balaban J connectivity index is 1.82. The van der Waals surface area contributed by atoms with Gasteiger partial charge in [0.15, 0.2) is 0 Å². The van der Waals surface area contributed by atoms with Crippen molar-refractivity contribution in [2.24, 2.45) is 0 Å². The van der Waals surface area contributed by atoms with Gasteiger partial charge in [-0.1, -0.05) is 6.07 Å². The monoisotopic (exact) mass is 256 g/mol. The van der Waals surface area contributed by atoms with Gasteiger partial charge in [-0.05, 0) is 25.0 Å². The molecule has 19 heavy (non-hydrogen) atoms. The average Bonchev–Trinajstić information content (AvgIpc) is 3.26. The first kappa shape index (κ1) is 11.6. The summed E-state index contributed by atoms with van der Waals surface area (Å²) in [6.07, 6.45) is 5.21. The van der Waals surface area contributed by atoms with Crippen LogP contribution >= 0.6 is 0 Å². The van der Waals surface area contributed by atoms with Gasteiger partial charge >= 0.3 is 0 Å². The Morgan fingerprint density at radius 3 is 2.89 bits per heavy atom. The maximum Gasteiger partial charge on any atom is 0.288 e. The van der Waals surface area contributed by atoms with Crippen LogP contribution in [-0.4, -0.2) is 20.6 Å². The molecule has 1 aliphatic carbocycles. The minimum absolute atomic E-state index is 0.271. The van der Waals surface area contributed by atoms with E-state index >= 15 is 0 Å². The minimum atomic E-state index is -0.419. The molecule has 3 rings (SSSR count). The highest BCUT2D eigenvalue weighted by Gasteiger charge is 2.27. The van der Waals surface area contributed by atoms with E-state index in [-0.39, 0.29) is 11.3 Å². The highest BCUT2D eigenvalue weighted by atomic mass is 16.2. The fraction of sp³-hybridized carbons (Fsp3) is 0.231. The van der Waals surface area contributed by atoms with Gasteiger partial charge < -0.3 is 0 Å². The van der Waals surface area contributed by atoms with Crippen LogP contribution in [0.15, 0.2) is 41.5 Å². The molecule has 0 unspecified atom stereocenters. The van der Waals surface area contributed by atoms with E-state index in [2.05, 4.69) is 15.4 Å². The van der Waals surface area contributed by atoms with Crippen molar-refractivity contribution in [2.75, 3.05) is 5.43 Å². The first-order chi connectivity index (χ1) is 9.24. The van der Waals surface area contributed by atoms with Crippen LogP contribution < -0.4 is 11.0 Å². The lowest BCUT2D eigenvalue weighted by atomic mass is 10.3. The zero-order chi connectivity index (χ0) is 13.2. The zero-order valence-electron chi connectivity index (χ0n) is 10.1. The highest BCUT2D eigenvalue weighted by molar-refractivity contribution is 5.98. The first-order valence-electron chi connectivity index (χ1n) is 6.06. The summed E-state index contributed by atoms with van der Waals surface area (Å²) < 4.78 is 1.13. The second-order valence-electron chi connectivity index (χ2n) is 4.42. The molecule has 2 heterocycles. The average molecular weight is 256 g/mol. The molecule has 0 radical (unpaired) electrons. The first-order valence-corrected chi connectivity index (χ1v) is 6.06. The molecule has 0 bridgehead atoms. The molecular weight excluding hydrogens is 244 g/mol. The predicted octanol–water partition coefficient (Wildman–Crippen LogP) is 0.900. The second-order valence-corrected chi connectivity index (χ2v) is 4.42. The van der Waals surface area contributed by atoms with Crippen molar-refractivity contribution < 1.29 is 4.79 Å². The van der Waals surface area contributed by atoms with Crippen LogP contribution in [0.1, 0.15) is 35.1 Å². The van der Waals surface area contributed by atoms with E-state index in [0.717, 1.165) is 17.5 Å². The molecule has 0 spiro atoms. The summed E-state index contributed by atoms with van der Waals surface area (Å²) in [5, 5.41) is 0. The van der Waals surface area contributed by atoms with E-state index in [1.165, 1.54) is 18.3 Å². The van der Waals surface area contributed by atoms with Gasteiger partial charge in [-0.15, -0.1) is 0 Å². The van der Waals surface area contributed by atoms with Gasteiger partial charge in [0.25, 0.3) is 11.5 Å². The van der Waals surface area contributed by atoms with Gasteiger partial charge in [-0.3, -0.25) is 15.0 Å². The van der Waals surface area contributed by atoms with Gasteiger partial charge in [0, 0.05) is 24.4 Å². The Hall–Kier alpha value is -2.50. The second kappa shape index (κ2) is 4.64. The third kappa shape index (κ3) is 2.52. The van der Waals surface area contributed by atoms with Crippen molar-refractivity contribution in [3.05, 3.63) is 58.5 Å². The number of rotatable bonds is 3. The molecule has 0 aliphatic heterocycles. The molecule has 0 saturated heterocycles. The molecule has 1 fully saturated rings.